The quantitative estimate of drug-likeness (QED) is 0.410. The molecule has 13 heavy (non-hydrogen) atoms. The molecule has 0 aliphatic rings. The first kappa shape index (κ1) is 9.90. The molecule has 1 aromatic rings. The van der Waals surface area contributed by atoms with Crippen LogP contribution in [0.5, 0.6) is 0 Å². The number of H-pyrrole nitrogens is 1. The molecule has 0 aromatic carbocycles. The minimum Gasteiger partial charge on any atom is -0.394 e. The second-order valence-corrected chi connectivity index (χ2v) is 2.73. The molecule has 7 heteroatoms. The van der Waals surface area contributed by atoms with Crippen LogP contribution < -0.4 is 5.69 Å². The van der Waals surface area contributed by atoms with E-state index >= 15 is 0 Å². The van der Waals surface area contributed by atoms with Crippen LogP contribution in [-0.4, -0.2) is 49.9 Å². The zero-order chi connectivity index (χ0) is 9.90. The van der Waals surface area contributed by atoms with Gasteiger partial charge in [0.05, 0.1) is 19.8 Å². The third kappa shape index (κ3) is 1.48. The highest BCUT2D eigenvalue weighted by molar-refractivity contribution is 4.87. The summed E-state index contributed by atoms with van der Waals surface area (Å²) in [6.07, 6.45) is 1.12. The van der Waals surface area contributed by atoms with Crippen LogP contribution in [0.3, 0.4) is 0 Å². The Morgan fingerprint density at radius 3 is 2.23 bits per heavy atom. The Bertz CT molecular complexity index is 305. The Hall–Kier alpha value is -1.18. The first-order chi connectivity index (χ1) is 6.20. The second kappa shape index (κ2) is 3.69. The number of aromatic nitrogens is 3. The summed E-state index contributed by atoms with van der Waals surface area (Å²) >= 11 is 0. The lowest BCUT2D eigenvalue weighted by Gasteiger charge is -2.27. The van der Waals surface area contributed by atoms with E-state index in [2.05, 4.69) is 10.2 Å². The van der Waals surface area contributed by atoms with E-state index in [1.54, 1.807) is 0 Å². The topological polar surface area (TPSA) is 111 Å². The fraction of sp³-hybridized carbons (Fsp3) is 0.667. The van der Waals surface area contributed by atoms with Gasteiger partial charge in [-0.3, -0.25) is 4.57 Å². The highest BCUT2D eigenvalue weighted by Crippen LogP contribution is 2.10. The Morgan fingerprint density at radius 1 is 1.38 bits per heavy atom. The van der Waals surface area contributed by atoms with E-state index < -0.39 is 31.0 Å². The Balaban J connectivity index is 3.15. The van der Waals surface area contributed by atoms with Crippen molar-refractivity contribution < 1.29 is 15.3 Å². The first-order valence-electron chi connectivity index (χ1n) is 3.65. The van der Waals surface area contributed by atoms with Crippen molar-refractivity contribution in [2.24, 2.45) is 0 Å². The van der Waals surface area contributed by atoms with Crippen molar-refractivity contribution in [3.8, 4) is 0 Å². The standard InChI is InChI=1S/C6H11N3O4/c10-1-6(2-11,3-12)9-4-7-8-5(9)13/h4,10-12H,1-3H2,(H,8,13). The molecule has 0 spiro atoms. The maximum absolute atomic E-state index is 11.1. The van der Waals surface area contributed by atoms with Crippen LogP contribution in [0.2, 0.25) is 0 Å². The van der Waals surface area contributed by atoms with Gasteiger partial charge in [-0.05, 0) is 0 Å². The van der Waals surface area contributed by atoms with Gasteiger partial charge in [0.1, 0.15) is 11.9 Å². The number of aliphatic hydroxyl groups excluding tert-OH is 3. The van der Waals surface area contributed by atoms with Crippen LogP contribution in [-0.2, 0) is 5.54 Å². The number of nitrogens with zero attached hydrogens (tertiary/aromatic N) is 2. The normalized spacial score (nSPS) is 11.9. The van der Waals surface area contributed by atoms with Gasteiger partial charge in [-0.2, -0.15) is 5.10 Å². The lowest BCUT2D eigenvalue weighted by molar-refractivity contribution is 0.0129. The summed E-state index contributed by atoms with van der Waals surface area (Å²) in [5.41, 5.74) is -1.97. The molecule has 0 radical (unpaired) electrons. The molecule has 7 nitrogen and oxygen atoms in total. The average molecular weight is 189 g/mol. The van der Waals surface area contributed by atoms with Crippen molar-refractivity contribution in [2.75, 3.05) is 19.8 Å². The molecule has 0 aliphatic carbocycles. The molecule has 1 aromatic heterocycles. The molecule has 0 amide bonds. The Labute approximate surface area is 73.3 Å². The van der Waals surface area contributed by atoms with E-state index in [1.165, 1.54) is 0 Å². The Kier molecular flexibility index (Phi) is 2.81. The molecule has 74 valence electrons. The largest absolute Gasteiger partial charge is 0.394 e. The fourth-order valence-corrected chi connectivity index (χ4v) is 0.965. The van der Waals surface area contributed by atoms with Gasteiger partial charge in [-0.1, -0.05) is 0 Å². The zero-order valence-electron chi connectivity index (χ0n) is 6.84. The zero-order valence-corrected chi connectivity index (χ0v) is 6.84. The monoisotopic (exact) mass is 189 g/mol. The number of aliphatic hydroxyl groups is 3. The van der Waals surface area contributed by atoms with Gasteiger partial charge in [0, 0.05) is 0 Å². The average Bonchev–Trinajstić information content (AvgIpc) is 2.57. The minimum atomic E-state index is -1.38. The minimum absolute atomic E-state index is 0.542. The summed E-state index contributed by atoms with van der Waals surface area (Å²) in [5, 5.41) is 32.4. The van der Waals surface area contributed by atoms with Gasteiger partial charge < -0.3 is 15.3 Å². The van der Waals surface area contributed by atoms with Crippen LogP contribution in [0.4, 0.5) is 0 Å². The summed E-state index contributed by atoms with van der Waals surface area (Å²) in [6.45, 7) is -1.63. The summed E-state index contributed by atoms with van der Waals surface area (Å²) in [6, 6.07) is 0. The number of hydrogen-bond donors (Lipinski definition) is 4. The van der Waals surface area contributed by atoms with E-state index in [9.17, 15) is 4.79 Å². The molecule has 0 atom stereocenters. The van der Waals surface area contributed by atoms with Gasteiger partial charge >= 0.3 is 5.69 Å². The van der Waals surface area contributed by atoms with E-state index in [0.29, 0.717) is 0 Å². The predicted molar refractivity (Wildman–Crippen MR) is 42.1 cm³/mol. The highest BCUT2D eigenvalue weighted by Gasteiger charge is 2.31. The molecular weight excluding hydrogens is 178 g/mol. The van der Waals surface area contributed by atoms with Crippen LogP contribution in [0.25, 0.3) is 0 Å². The third-order valence-electron chi connectivity index (χ3n) is 1.95. The summed E-state index contributed by atoms with van der Waals surface area (Å²) in [4.78, 5) is 11.1. The maximum atomic E-state index is 11.1. The molecule has 0 bridgehead atoms. The van der Waals surface area contributed by atoms with E-state index in [0.717, 1.165) is 10.9 Å². The molecule has 0 saturated carbocycles. The van der Waals surface area contributed by atoms with Crippen molar-refractivity contribution in [3.05, 3.63) is 16.8 Å². The van der Waals surface area contributed by atoms with Gasteiger partial charge in [0.15, 0.2) is 0 Å². The highest BCUT2D eigenvalue weighted by atomic mass is 16.3. The van der Waals surface area contributed by atoms with Gasteiger partial charge in [0.25, 0.3) is 0 Å². The number of rotatable bonds is 4. The molecule has 0 aliphatic heterocycles. The molecule has 0 fully saturated rings. The van der Waals surface area contributed by atoms with Crippen LogP contribution >= 0.6 is 0 Å². The number of hydrogen-bond acceptors (Lipinski definition) is 5. The van der Waals surface area contributed by atoms with E-state index in [1.807, 2.05) is 0 Å². The van der Waals surface area contributed by atoms with Crippen molar-refractivity contribution in [3.63, 3.8) is 0 Å². The molecule has 4 N–H and O–H groups in total. The summed E-state index contributed by atoms with van der Waals surface area (Å²) < 4.78 is 0.965. The van der Waals surface area contributed by atoms with Crippen LogP contribution in [0, 0.1) is 0 Å². The second-order valence-electron chi connectivity index (χ2n) is 2.73. The van der Waals surface area contributed by atoms with Crippen molar-refractivity contribution in [1.29, 1.82) is 0 Å². The Morgan fingerprint density at radius 2 is 1.92 bits per heavy atom. The molecule has 0 saturated heterocycles. The molecule has 1 rings (SSSR count). The molecule has 0 unspecified atom stereocenters. The molecule has 1 heterocycles. The summed E-state index contributed by atoms with van der Waals surface area (Å²) in [7, 11) is 0. The van der Waals surface area contributed by atoms with Gasteiger partial charge in [0.2, 0.25) is 0 Å². The van der Waals surface area contributed by atoms with Gasteiger partial charge in [-0.15, -0.1) is 0 Å². The van der Waals surface area contributed by atoms with E-state index in [-0.39, 0.29) is 0 Å². The fourth-order valence-electron chi connectivity index (χ4n) is 0.965. The van der Waals surface area contributed by atoms with Crippen molar-refractivity contribution in [2.45, 2.75) is 5.54 Å². The van der Waals surface area contributed by atoms with Gasteiger partial charge in [-0.25, -0.2) is 9.89 Å². The lowest BCUT2D eigenvalue weighted by atomic mass is 10.0. The smallest absolute Gasteiger partial charge is 0.343 e. The third-order valence-corrected chi connectivity index (χ3v) is 1.95. The van der Waals surface area contributed by atoms with Crippen molar-refractivity contribution in [1.82, 2.24) is 14.8 Å². The van der Waals surface area contributed by atoms with Crippen molar-refractivity contribution >= 4 is 0 Å². The van der Waals surface area contributed by atoms with Crippen LogP contribution in [0.15, 0.2) is 11.1 Å². The maximum Gasteiger partial charge on any atom is 0.343 e. The van der Waals surface area contributed by atoms with E-state index in [4.69, 9.17) is 15.3 Å². The first-order valence-corrected chi connectivity index (χ1v) is 3.65. The lowest BCUT2D eigenvalue weighted by Crippen LogP contribution is -2.48. The number of nitrogens with one attached hydrogen (secondary N) is 1. The van der Waals surface area contributed by atoms with Crippen LogP contribution in [0.1, 0.15) is 0 Å². The number of aromatic amines is 1. The predicted octanol–water partition coefficient (Wildman–Crippen LogP) is -2.76. The molecular formula is C6H11N3O4. The summed E-state index contributed by atoms with van der Waals surface area (Å²) in [5.74, 6) is 0. The SMILES string of the molecule is O=c1[nH]ncn1C(CO)(CO)CO.